The molecule has 1 atom stereocenters. The lowest BCUT2D eigenvalue weighted by atomic mass is 9.95. The molecule has 20 heavy (non-hydrogen) atoms. The van der Waals surface area contributed by atoms with Crippen LogP contribution in [-0.4, -0.2) is 37.9 Å². The molecule has 0 fully saturated rings. The van der Waals surface area contributed by atoms with Gasteiger partial charge in [-0.25, -0.2) is 13.6 Å². The number of ether oxygens (including phenoxy) is 1. The van der Waals surface area contributed by atoms with Crippen LogP contribution < -0.4 is 10.6 Å². The summed E-state index contributed by atoms with van der Waals surface area (Å²) in [6.45, 7) is 1.79. The first-order valence-electron chi connectivity index (χ1n) is 6.05. The molecule has 1 aromatic rings. The zero-order chi connectivity index (χ0) is 15.2. The highest BCUT2D eigenvalue weighted by molar-refractivity contribution is 5.73. The van der Waals surface area contributed by atoms with Crippen LogP contribution in [0.5, 0.6) is 0 Å². The highest BCUT2D eigenvalue weighted by atomic mass is 19.1. The number of urea groups is 1. The van der Waals surface area contributed by atoms with Crippen LogP contribution in [0.3, 0.4) is 0 Å². The molecule has 0 aliphatic heterocycles. The predicted molar refractivity (Wildman–Crippen MR) is 69.2 cm³/mol. The fraction of sp³-hybridized carbons (Fsp3) is 0.462. The molecule has 0 aliphatic rings. The van der Waals surface area contributed by atoms with Crippen molar-refractivity contribution in [2.75, 3.05) is 26.8 Å². The van der Waals surface area contributed by atoms with Gasteiger partial charge in [0.25, 0.3) is 0 Å². The Kier molecular flexibility index (Phi) is 5.84. The van der Waals surface area contributed by atoms with Crippen molar-refractivity contribution in [1.82, 2.24) is 10.6 Å². The molecule has 7 heteroatoms. The van der Waals surface area contributed by atoms with Gasteiger partial charge in [0.2, 0.25) is 0 Å². The number of aliphatic hydroxyl groups is 1. The van der Waals surface area contributed by atoms with E-state index in [0.717, 1.165) is 12.1 Å². The Balaban J connectivity index is 2.58. The second-order valence-electron chi connectivity index (χ2n) is 4.50. The Morgan fingerprint density at radius 3 is 2.70 bits per heavy atom. The van der Waals surface area contributed by atoms with Gasteiger partial charge in [-0.1, -0.05) is 6.07 Å². The normalized spacial score (nSPS) is 13.7. The summed E-state index contributed by atoms with van der Waals surface area (Å²) >= 11 is 0. The maximum absolute atomic E-state index is 13.6. The molecule has 1 rings (SSSR count). The van der Waals surface area contributed by atoms with E-state index in [1.807, 2.05) is 0 Å². The SMILES string of the molecule is COCCNC(=O)NC[C@@](C)(O)c1ccc(F)cc1F. The Labute approximate surface area is 115 Å². The first-order chi connectivity index (χ1) is 9.36. The summed E-state index contributed by atoms with van der Waals surface area (Å²) < 4.78 is 31.1. The molecule has 1 aromatic carbocycles. The molecule has 0 heterocycles. The Hall–Kier alpha value is -1.73. The standard InChI is InChI=1S/C13H18F2N2O3/c1-13(19,8-17-12(18)16-5-6-20-2)10-4-3-9(14)7-11(10)15/h3-4,7,19H,5-6,8H2,1-2H3,(H2,16,17,18)/t13-/m1/s1. The summed E-state index contributed by atoms with van der Waals surface area (Å²) in [5.74, 6) is -1.59. The van der Waals surface area contributed by atoms with Gasteiger partial charge in [0.1, 0.15) is 17.2 Å². The van der Waals surface area contributed by atoms with Crippen molar-refractivity contribution >= 4 is 6.03 Å². The van der Waals surface area contributed by atoms with Crippen LogP contribution in [0.4, 0.5) is 13.6 Å². The zero-order valence-electron chi connectivity index (χ0n) is 11.4. The Bertz CT molecular complexity index is 467. The van der Waals surface area contributed by atoms with E-state index in [9.17, 15) is 18.7 Å². The summed E-state index contributed by atoms with van der Waals surface area (Å²) in [7, 11) is 1.50. The van der Waals surface area contributed by atoms with E-state index in [2.05, 4.69) is 10.6 Å². The van der Waals surface area contributed by atoms with E-state index in [4.69, 9.17) is 4.74 Å². The van der Waals surface area contributed by atoms with Crippen LogP contribution in [0.25, 0.3) is 0 Å². The van der Waals surface area contributed by atoms with Crippen molar-refractivity contribution in [3.05, 3.63) is 35.4 Å². The molecule has 112 valence electrons. The van der Waals surface area contributed by atoms with E-state index < -0.39 is 23.3 Å². The fourth-order valence-corrected chi connectivity index (χ4v) is 1.60. The predicted octanol–water partition coefficient (Wildman–Crippen LogP) is 1.12. The molecule has 3 N–H and O–H groups in total. The van der Waals surface area contributed by atoms with Gasteiger partial charge < -0.3 is 20.5 Å². The Morgan fingerprint density at radius 1 is 1.40 bits per heavy atom. The maximum atomic E-state index is 13.6. The Morgan fingerprint density at radius 2 is 2.10 bits per heavy atom. The molecule has 0 radical (unpaired) electrons. The van der Waals surface area contributed by atoms with Crippen molar-refractivity contribution < 1.29 is 23.4 Å². The molecular formula is C13H18F2N2O3. The number of halogens is 2. The van der Waals surface area contributed by atoms with Gasteiger partial charge in [0.05, 0.1) is 13.2 Å². The molecule has 0 aliphatic carbocycles. The van der Waals surface area contributed by atoms with Crippen molar-refractivity contribution in [1.29, 1.82) is 0 Å². The van der Waals surface area contributed by atoms with Crippen LogP contribution >= 0.6 is 0 Å². The van der Waals surface area contributed by atoms with Gasteiger partial charge in [0, 0.05) is 25.3 Å². The molecule has 0 saturated carbocycles. The van der Waals surface area contributed by atoms with Crippen LogP contribution in [-0.2, 0) is 10.3 Å². The van der Waals surface area contributed by atoms with Crippen molar-refractivity contribution in [3.8, 4) is 0 Å². The van der Waals surface area contributed by atoms with Gasteiger partial charge in [0.15, 0.2) is 0 Å². The van der Waals surface area contributed by atoms with E-state index in [0.29, 0.717) is 19.2 Å². The van der Waals surface area contributed by atoms with E-state index in [-0.39, 0.29) is 12.1 Å². The summed E-state index contributed by atoms with van der Waals surface area (Å²) in [6.07, 6.45) is 0. The van der Waals surface area contributed by atoms with Crippen LogP contribution in [0.2, 0.25) is 0 Å². The largest absolute Gasteiger partial charge is 0.383 e. The van der Waals surface area contributed by atoms with Gasteiger partial charge in [-0.2, -0.15) is 0 Å². The van der Waals surface area contributed by atoms with E-state index >= 15 is 0 Å². The van der Waals surface area contributed by atoms with Crippen molar-refractivity contribution in [2.45, 2.75) is 12.5 Å². The summed E-state index contributed by atoms with van der Waals surface area (Å²) in [5, 5.41) is 15.0. The number of hydrogen-bond acceptors (Lipinski definition) is 3. The third-order valence-electron chi connectivity index (χ3n) is 2.70. The number of amides is 2. The molecule has 0 saturated heterocycles. The second kappa shape index (κ2) is 7.16. The minimum atomic E-state index is -1.64. The first kappa shape index (κ1) is 16.3. The quantitative estimate of drug-likeness (QED) is 0.687. The van der Waals surface area contributed by atoms with E-state index in [1.54, 1.807) is 0 Å². The summed E-state index contributed by atoms with van der Waals surface area (Å²) in [6, 6.07) is 2.37. The lowest BCUT2D eigenvalue weighted by Crippen LogP contribution is -2.44. The minimum absolute atomic E-state index is 0.0870. The molecule has 2 amide bonds. The fourth-order valence-electron chi connectivity index (χ4n) is 1.60. The monoisotopic (exact) mass is 288 g/mol. The number of benzene rings is 1. The van der Waals surface area contributed by atoms with E-state index in [1.165, 1.54) is 14.0 Å². The molecular weight excluding hydrogens is 270 g/mol. The zero-order valence-corrected chi connectivity index (χ0v) is 11.4. The van der Waals surface area contributed by atoms with Crippen LogP contribution in [0, 0.1) is 11.6 Å². The van der Waals surface area contributed by atoms with Gasteiger partial charge in [-0.3, -0.25) is 0 Å². The topological polar surface area (TPSA) is 70.6 Å². The molecule has 0 bridgehead atoms. The van der Waals surface area contributed by atoms with Crippen molar-refractivity contribution in [3.63, 3.8) is 0 Å². The average molecular weight is 288 g/mol. The molecule has 0 spiro atoms. The number of hydrogen-bond donors (Lipinski definition) is 3. The molecule has 5 nitrogen and oxygen atoms in total. The smallest absolute Gasteiger partial charge is 0.314 e. The van der Waals surface area contributed by atoms with Crippen LogP contribution in [0.15, 0.2) is 18.2 Å². The van der Waals surface area contributed by atoms with Gasteiger partial charge in [-0.15, -0.1) is 0 Å². The number of nitrogens with one attached hydrogen (secondary N) is 2. The highest BCUT2D eigenvalue weighted by Crippen LogP contribution is 2.23. The van der Waals surface area contributed by atoms with Crippen LogP contribution in [0.1, 0.15) is 12.5 Å². The third-order valence-corrected chi connectivity index (χ3v) is 2.70. The van der Waals surface area contributed by atoms with Crippen molar-refractivity contribution in [2.24, 2.45) is 0 Å². The number of carbonyl (C=O) groups is 1. The third kappa shape index (κ3) is 4.75. The minimum Gasteiger partial charge on any atom is -0.383 e. The number of carbonyl (C=O) groups excluding carboxylic acids is 1. The van der Waals surface area contributed by atoms with Gasteiger partial charge >= 0.3 is 6.03 Å². The average Bonchev–Trinajstić information content (AvgIpc) is 2.36. The lowest BCUT2D eigenvalue weighted by Gasteiger charge is -2.24. The highest BCUT2D eigenvalue weighted by Gasteiger charge is 2.27. The summed E-state index contributed by atoms with van der Waals surface area (Å²) in [5.41, 5.74) is -1.73. The molecule has 0 unspecified atom stereocenters. The number of rotatable bonds is 6. The van der Waals surface area contributed by atoms with Gasteiger partial charge in [-0.05, 0) is 13.0 Å². The lowest BCUT2D eigenvalue weighted by molar-refractivity contribution is 0.0554. The summed E-state index contributed by atoms with van der Waals surface area (Å²) in [4.78, 5) is 11.4. The first-order valence-corrected chi connectivity index (χ1v) is 6.05. The molecule has 0 aromatic heterocycles. The number of methoxy groups -OCH3 is 1. The second-order valence-corrected chi connectivity index (χ2v) is 4.50. The maximum Gasteiger partial charge on any atom is 0.314 e.